The third kappa shape index (κ3) is 4.38. The summed E-state index contributed by atoms with van der Waals surface area (Å²) < 4.78 is 5.41. The number of carbonyl (C=O) groups is 2. The van der Waals surface area contributed by atoms with Crippen LogP contribution in [0.4, 0.5) is 4.79 Å². The van der Waals surface area contributed by atoms with E-state index in [0.717, 1.165) is 24.0 Å². The Labute approximate surface area is 146 Å². The lowest BCUT2D eigenvalue weighted by molar-refractivity contribution is 0.0696. The number of amides is 1. The molecule has 1 saturated heterocycles. The van der Waals surface area contributed by atoms with Crippen molar-refractivity contribution in [2.24, 2.45) is 0 Å². The highest BCUT2D eigenvalue weighted by Crippen LogP contribution is 2.27. The molecule has 1 fully saturated rings. The molecule has 0 bridgehead atoms. The molecule has 3 rings (SSSR count). The number of hydrogen-bond acceptors (Lipinski definition) is 3. The van der Waals surface area contributed by atoms with Crippen molar-refractivity contribution >= 4 is 12.1 Å². The standard InChI is InChI=1S/C20H21NO4/c22-19(23)17-10-8-16(9-11-17)18-7-4-12-21(13-18)20(24)25-14-15-5-2-1-3-6-15/h1-3,5-6,8-11,18H,4,7,12-14H2,(H,22,23). The molecule has 2 aromatic carbocycles. The fourth-order valence-electron chi connectivity index (χ4n) is 3.12. The summed E-state index contributed by atoms with van der Waals surface area (Å²) in [5.41, 5.74) is 2.30. The molecule has 1 unspecified atom stereocenters. The minimum absolute atomic E-state index is 0.209. The summed E-state index contributed by atoms with van der Waals surface area (Å²) in [5, 5.41) is 8.98. The number of hydrogen-bond donors (Lipinski definition) is 1. The normalized spacial score (nSPS) is 17.1. The van der Waals surface area contributed by atoms with Crippen LogP contribution in [0, 0.1) is 0 Å². The quantitative estimate of drug-likeness (QED) is 0.917. The molecule has 25 heavy (non-hydrogen) atoms. The third-order valence-electron chi connectivity index (χ3n) is 4.51. The van der Waals surface area contributed by atoms with Gasteiger partial charge >= 0.3 is 12.1 Å². The van der Waals surface area contributed by atoms with Gasteiger partial charge < -0.3 is 14.7 Å². The van der Waals surface area contributed by atoms with Crippen LogP contribution in [-0.2, 0) is 11.3 Å². The largest absolute Gasteiger partial charge is 0.478 e. The molecule has 2 aromatic rings. The van der Waals surface area contributed by atoms with Crippen molar-refractivity contribution in [2.75, 3.05) is 13.1 Å². The van der Waals surface area contributed by atoms with Crippen LogP contribution >= 0.6 is 0 Å². The van der Waals surface area contributed by atoms with Crippen LogP contribution in [0.25, 0.3) is 0 Å². The Morgan fingerprint density at radius 1 is 1.08 bits per heavy atom. The smallest absolute Gasteiger partial charge is 0.410 e. The highest BCUT2D eigenvalue weighted by Gasteiger charge is 2.25. The van der Waals surface area contributed by atoms with Gasteiger partial charge in [0.05, 0.1) is 5.56 Å². The van der Waals surface area contributed by atoms with Gasteiger partial charge in [-0.3, -0.25) is 0 Å². The molecule has 1 atom stereocenters. The lowest BCUT2D eigenvalue weighted by Crippen LogP contribution is -2.39. The van der Waals surface area contributed by atoms with E-state index in [-0.39, 0.29) is 24.2 Å². The van der Waals surface area contributed by atoms with Crippen molar-refractivity contribution in [3.63, 3.8) is 0 Å². The van der Waals surface area contributed by atoms with Crippen molar-refractivity contribution in [3.8, 4) is 0 Å². The SMILES string of the molecule is O=C(O)c1ccc(C2CCCN(C(=O)OCc3ccccc3)C2)cc1. The van der Waals surface area contributed by atoms with E-state index in [4.69, 9.17) is 9.84 Å². The van der Waals surface area contributed by atoms with Gasteiger partial charge in [-0.25, -0.2) is 9.59 Å². The lowest BCUT2D eigenvalue weighted by atomic mass is 9.90. The van der Waals surface area contributed by atoms with Crippen LogP contribution in [0.1, 0.15) is 40.2 Å². The first-order chi connectivity index (χ1) is 12.1. The average Bonchev–Trinajstić information content (AvgIpc) is 2.67. The molecule has 1 amide bonds. The maximum absolute atomic E-state index is 12.3. The number of carbonyl (C=O) groups excluding carboxylic acids is 1. The molecule has 0 saturated carbocycles. The first-order valence-electron chi connectivity index (χ1n) is 8.42. The highest BCUT2D eigenvalue weighted by molar-refractivity contribution is 5.87. The fourth-order valence-corrected chi connectivity index (χ4v) is 3.12. The zero-order chi connectivity index (χ0) is 17.6. The van der Waals surface area contributed by atoms with Crippen LogP contribution in [0.5, 0.6) is 0 Å². The second-order valence-corrected chi connectivity index (χ2v) is 6.25. The molecule has 1 aliphatic heterocycles. The average molecular weight is 339 g/mol. The summed E-state index contributed by atoms with van der Waals surface area (Å²) in [5.74, 6) is -0.720. The number of carboxylic acids is 1. The van der Waals surface area contributed by atoms with E-state index in [1.165, 1.54) is 0 Å². The molecule has 1 aliphatic rings. The minimum atomic E-state index is -0.929. The number of carboxylic acid groups (broad SMARTS) is 1. The second kappa shape index (κ2) is 7.83. The van der Waals surface area contributed by atoms with Crippen molar-refractivity contribution in [1.29, 1.82) is 0 Å². The number of nitrogens with zero attached hydrogens (tertiary/aromatic N) is 1. The number of aromatic carboxylic acids is 1. The zero-order valence-electron chi connectivity index (χ0n) is 13.9. The number of benzene rings is 2. The van der Waals surface area contributed by atoms with Crippen LogP contribution < -0.4 is 0 Å². The molecule has 0 aliphatic carbocycles. The monoisotopic (exact) mass is 339 g/mol. The predicted octanol–water partition coefficient (Wildman–Crippen LogP) is 3.90. The number of piperidine rings is 1. The third-order valence-corrected chi connectivity index (χ3v) is 4.51. The molecule has 0 radical (unpaired) electrons. The maximum atomic E-state index is 12.3. The molecule has 1 heterocycles. The summed E-state index contributed by atoms with van der Waals surface area (Å²) in [4.78, 5) is 25.0. The van der Waals surface area contributed by atoms with Crippen LogP contribution in [0.2, 0.25) is 0 Å². The highest BCUT2D eigenvalue weighted by atomic mass is 16.6. The van der Waals surface area contributed by atoms with Crippen LogP contribution in [0.15, 0.2) is 54.6 Å². The maximum Gasteiger partial charge on any atom is 0.410 e. The molecular weight excluding hydrogens is 318 g/mol. The molecular formula is C20H21NO4. The topological polar surface area (TPSA) is 66.8 Å². The minimum Gasteiger partial charge on any atom is -0.478 e. The van der Waals surface area contributed by atoms with Crippen molar-refractivity contribution in [3.05, 3.63) is 71.3 Å². The van der Waals surface area contributed by atoms with Crippen molar-refractivity contribution < 1.29 is 19.4 Å². The fraction of sp³-hybridized carbons (Fsp3) is 0.300. The van der Waals surface area contributed by atoms with Gasteiger partial charge in [-0.2, -0.15) is 0 Å². The molecule has 130 valence electrons. The first kappa shape index (κ1) is 17.0. The van der Waals surface area contributed by atoms with Gasteiger partial charge in [0.2, 0.25) is 0 Å². The van der Waals surface area contributed by atoms with Crippen molar-refractivity contribution in [1.82, 2.24) is 4.90 Å². The number of ether oxygens (including phenoxy) is 1. The van der Waals surface area contributed by atoms with Gasteiger partial charge in [0.25, 0.3) is 0 Å². The van der Waals surface area contributed by atoms with E-state index < -0.39 is 5.97 Å². The Hall–Kier alpha value is -2.82. The summed E-state index contributed by atoms with van der Waals surface area (Å²) in [7, 11) is 0. The van der Waals surface area contributed by atoms with E-state index in [1.807, 2.05) is 42.5 Å². The Bertz CT molecular complexity index is 727. The molecule has 0 aromatic heterocycles. The van der Waals surface area contributed by atoms with Gasteiger partial charge in [0.15, 0.2) is 0 Å². The summed E-state index contributed by atoms with van der Waals surface area (Å²) >= 11 is 0. The predicted molar refractivity (Wildman–Crippen MR) is 93.6 cm³/mol. The number of likely N-dealkylation sites (tertiary alicyclic amines) is 1. The van der Waals surface area contributed by atoms with Gasteiger partial charge in [0.1, 0.15) is 6.61 Å². The Kier molecular flexibility index (Phi) is 5.33. The second-order valence-electron chi connectivity index (χ2n) is 6.25. The number of rotatable bonds is 4. The first-order valence-corrected chi connectivity index (χ1v) is 8.42. The Morgan fingerprint density at radius 3 is 2.48 bits per heavy atom. The van der Waals surface area contributed by atoms with E-state index in [9.17, 15) is 9.59 Å². The Morgan fingerprint density at radius 2 is 1.80 bits per heavy atom. The summed E-state index contributed by atoms with van der Waals surface area (Å²) in [6.45, 7) is 1.56. The molecule has 0 spiro atoms. The van der Waals surface area contributed by atoms with Crippen LogP contribution in [0.3, 0.4) is 0 Å². The van der Waals surface area contributed by atoms with Crippen molar-refractivity contribution in [2.45, 2.75) is 25.4 Å². The van der Waals surface area contributed by atoms with Gasteiger partial charge in [-0.15, -0.1) is 0 Å². The summed E-state index contributed by atoms with van der Waals surface area (Å²) in [6, 6.07) is 16.5. The molecule has 5 nitrogen and oxygen atoms in total. The van der Waals surface area contributed by atoms with Gasteiger partial charge in [0, 0.05) is 19.0 Å². The van der Waals surface area contributed by atoms with Crippen LogP contribution in [-0.4, -0.2) is 35.2 Å². The molecule has 1 N–H and O–H groups in total. The van der Waals surface area contributed by atoms with E-state index in [0.29, 0.717) is 13.1 Å². The van der Waals surface area contributed by atoms with E-state index in [2.05, 4.69) is 0 Å². The van der Waals surface area contributed by atoms with E-state index >= 15 is 0 Å². The van der Waals surface area contributed by atoms with Gasteiger partial charge in [-0.1, -0.05) is 42.5 Å². The van der Waals surface area contributed by atoms with Gasteiger partial charge in [-0.05, 0) is 36.1 Å². The van der Waals surface area contributed by atoms with E-state index in [1.54, 1.807) is 17.0 Å². The zero-order valence-corrected chi connectivity index (χ0v) is 13.9. The summed E-state index contributed by atoms with van der Waals surface area (Å²) in [6.07, 6.45) is 1.59. The molecule has 5 heteroatoms. The Balaban J connectivity index is 1.58. The lowest BCUT2D eigenvalue weighted by Gasteiger charge is -2.32.